The first-order valence-corrected chi connectivity index (χ1v) is 7.50. The Bertz CT molecular complexity index is 584. The summed E-state index contributed by atoms with van der Waals surface area (Å²) in [6.45, 7) is 5.71. The number of hydrogen-bond acceptors (Lipinski definition) is 2. The largest absolute Gasteiger partial charge is 0.345 e. The summed E-state index contributed by atoms with van der Waals surface area (Å²) >= 11 is 3.29. The normalized spacial score (nSPS) is 19.7. The second-order valence-corrected chi connectivity index (χ2v) is 7.16. The van der Waals surface area contributed by atoms with E-state index in [1.54, 1.807) is 12.1 Å². The number of benzene rings is 1. The zero-order chi connectivity index (χ0) is 15.8. The molecule has 1 aliphatic heterocycles. The molecule has 0 aromatic heterocycles. The molecular weight excluding hydrogens is 339 g/mol. The van der Waals surface area contributed by atoms with Crippen LogP contribution >= 0.6 is 15.9 Å². The lowest BCUT2D eigenvalue weighted by molar-refractivity contribution is -0.150. The number of carbonyl (C=O) groups excluding carboxylic acids is 2. The highest BCUT2D eigenvalue weighted by Crippen LogP contribution is 2.29. The van der Waals surface area contributed by atoms with Crippen molar-refractivity contribution in [3.63, 3.8) is 0 Å². The number of carbonyl (C=O) groups is 2. The molecule has 6 heteroatoms. The fourth-order valence-electron chi connectivity index (χ4n) is 2.53. The van der Waals surface area contributed by atoms with Gasteiger partial charge in [0.15, 0.2) is 0 Å². The molecule has 1 aromatic carbocycles. The smallest absolute Gasteiger partial charge is 0.243 e. The molecule has 1 N–H and O–H groups in total. The van der Waals surface area contributed by atoms with Crippen molar-refractivity contribution >= 4 is 27.7 Å². The molecule has 0 bridgehead atoms. The monoisotopic (exact) mass is 356 g/mol. The van der Waals surface area contributed by atoms with Crippen molar-refractivity contribution in [2.75, 3.05) is 6.54 Å². The van der Waals surface area contributed by atoms with Crippen LogP contribution in [0.4, 0.5) is 4.39 Å². The van der Waals surface area contributed by atoms with Gasteiger partial charge in [0, 0.05) is 16.6 Å². The second kappa shape index (κ2) is 5.75. The van der Waals surface area contributed by atoms with Gasteiger partial charge in [-0.05, 0) is 23.6 Å². The summed E-state index contributed by atoms with van der Waals surface area (Å²) in [5.41, 5.74) is -0.0375. The zero-order valence-corrected chi connectivity index (χ0v) is 13.8. The lowest BCUT2D eigenvalue weighted by atomic mass is 9.83. The van der Waals surface area contributed by atoms with Crippen molar-refractivity contribution in [3.05, 3.63) is 34.1 Å². The van der Waals surface area contributed by atoms with Crippen molar-refractivity contribution in [2.24, 2.45) is 5.41 Å². The average Bonchev–Trinajstić information content (AvgIpc) is 2.36. The molecule has 4 nitrogen and oxygen atoms in total. The Hall–Kier alpha value is -1.43. The third kappa shape index (κ3) is 3.43. The van der Waals surface area contributed by atoms with Gasteiger partial charge < -0.3 is 10.2 Å². The van der Waals surface area contributed by atoms with Crippen molar-refractivity contribution in [3.8, 4) is 0 Å². The molecule has 2 rings (SSSR count). The summed E-state index contributed by atoms with van der Waals surface area (Å²) in [6, 6.07) is 3.97. The van der Waals surface area contributed by atoms with Crippen molar-refractivity contribution in [1.82, 2.24) is 10.2 Å². The molecular formula is C15H18BrFN2O2. The highest BCUT2D eigenvalue weighted by Gasteiger charge is 2.42. The first kappa shape index (κ1) is 15.9. The topological polar surface area (TPSA) is 49.4 Å². The minimum atomic E-state index is -0.614. The fourth-order valence-corrected chi connectivity index (χ4v) is 2.94. The summed E-state index contributed by atoms with van der Waals surface area (Å²) in [7, 11) is 0. The lowest BCUT2D eigenvalue weighted by Gasteiger charge is -2.42. The maximum absolute atomic E-state index is 13.9. The van der Waals surface area contributed by atoms with Crippen molar-refractivity contribution < 1.29 is 14.0 Å². The molecule has 0 radical (unpaired) electrons. The first-order chi connectivity index (χ1) is 9.70. The Kier molecular flexibility index (Phi) is 4.37. The third-order valence-electron chi connectivity index (χ3n) is 3.46. The Labute approximate surface area is 131 Å². The van der Waals surface area contributed by atoms with Crippen molar-refractivity contribution in [2.45, 2.75) is 33.4 Å². The maximum atomic E-state index is 13.9. The maximum Gasteiger partial charge on any atom is 0.243 e. The molecule has 21 heavy (non-hydrogen) atoms. The zero-order valence-electron chi connectivity index (χ0n) is 12.2. The van der Waals surface area contributed by atoms with E-state index in [1.165, 1.54) is 11.0 Å². The van der Waals surface area contributed by atoms with E-state index in [2.05, 4.69) is 21.2 Å². The van der Waals surface area contributed by atoms with Crippen LogP contribution in [0.15, 0.2) is 22.7 Å². The fraction of sp³-hybridized carbons (Fsp3) is 0.467. The molecule has 1 atom stereocenters. The van der Waals surface area contributed by atoms with Crippen LogP contribution in [0.2, 0.25) is 0 Å². The second-order valence-electron chi connectivity index (χ2n) is 6.24. The van der Waals surface area contributed by atoms with Gasteiger partial charge in [0.1, 0.15) is 11.9 Å². The lowest BCUT2D eigenvalue weighted by Crippen LogP contribution is -2.62. The molecule has 1 fully saturated rings. The number of nitrogens with one attached hydrogen (secondary N) is 1. The van der Waals surface area contributed by atoms with E-state index in [0.717, 1.165) is 4.47 Å². The van der Waals surface area contributed by atoms with Crippen LogP contribution in [0, 0.1) is 11.2 Å². The number of nitrogens with zero attached hydrogens (tertiary/aromatic N) is 1. The van der Waals surface area contributed by atoms with Gasteiger partial charge in [0.05, 0.1) is 6.54 Å². The molecule has 0 aliphatic carbocycles. The molecule has 0 spiro atoms. The number of rotatable bonds is 2. The number of piperazine rings is 1. The van der Waals surface area contributed by atoms with E-state index in [0.29, 0.717) is 5.56 Å². The molecule has 2 amide bonds. The Balaban J connectivity index is 2.35. The molecule has 1 saturated heterocycles. The Morgan fingerprint density at radius 1 is 1.38 bits per heavy atom. The number of amides is 2. The minimum Gasteiger partial charge on any atom is -0.345 e. The third-order valence-corrected chi connectivity index (χ3v) is 3.96. The average molecular weight is 357 g/mol. The van der Waals surface area contributed by atoms with E-state index in [1.807, 2.05) is 20.8 Å². The van der Waals surface area contributed by atoms with Crippen LogP contribution in [0.25, 0.3) is 0 Å². The molecule has 1 unspecified atom stereocenters. The predicted molar refractivity (Wildman–Crippen MR) is 80.9 cm³/mol. The summed E-state index contributed by atoms with van der Waals surface area (Å²) in [5, 5.41) is 2.60. The van der Waals surface area contributed by atoms with Gasteiger partial charge in [0.25, 0.3) is 0 Å². The SMILES string of the molecule is CC(C)(C)C1C(=O)NCC(=O)N1Cc1cc(Br)ccc1F. The van der Waals surface area contributed by atoms with E-state index in [4.69, 9.17) is 0 Å². The van der Waals surface area contributed by atoms with E-state index < -0.39 is 11.5 Å². The van der Waals surface area contributed by atoms with Crippen LogP contribution in [0.1, 0.15) is 26.3 Å². The van der Waals surface area contributed by atoms with Gasteiger partial charge in [-0.2, -0.15) is 0 Å². The standard InChI is InChI=1S/C15H18BrFN2O2/c1-15(2,3)13-14(21)18-7-12(20)19(13)8-9-6-10(16)4-5-11(9)17/h4-6,13H,7-8H2,1-3H3,(H,18,21). The quantitative estimate of drug-likeness (QED) is 0.884. The van der Waals surface area contributed by atoms with E-state index in [-0.39, 0.29) is 30.7 Å². The molecule has 1 aliphatic rings. The van der Waals surface area contributed by atoms with Gasteiger partial charge in [-0.3, -0.25) is 9.59 Å². The summed E-state index contributed by atoms with van der Waals surface area (Å²) in [5.74, 6) is -0.781. The predicted octanol–water partition coefficient (Wildman–Crippen LogP) is 2.46. The van der Waals surface area contributed by atoms with Crippen molar-refractivity contribution in [1.29, 1.82) is 0 Å². The molecule has 0 saturated carbocycles. The molecule has 1 heterocycles. The first-order valence-electron chi connectivity index (χ1n) is 6.71. The van der Waals surface area contributed by atoms with Crippen LogP contribution in [-0.2, 0) is 16.1 Å². The highest BCUT2D eigenvalue weighted by atomic mass is 79.9. The summed E-state index contributed by atoms with van der Waals surface area (Å²) in [6.07, 6.45) is 0. The minimum absolute atomic E-state index is 0.0406. The van der Waals surface area contributed by atoms with Gasteiger partial charge in [-0.1, -0.05) is 36.7 Å². The highest BCUT2D eigenvalue weighted by molar-refractivity contribution is 9.10. The van der Waals surface area contributed by atoms with E-state index in [9.17, 15) is 14.0 Å². The number of hydrogen-bond donors (Lipinski definition) is 1. The number of halogens is 2. The van der Waals surface area contributed by atoms with Gasteiger partial charge in [-0.25, -0.2) is 4.39 Å². The van der Waals surface area contributed by atoms with Crippen LogP contribution in [-0.4, -0.2) is 29.3 Å². The Morgan fingerprint density at radius 3 is 2.67 bits per heavy atom. The molecule has 1 aromatic rings. The Morgan fingerprint density at radius 2 is 2.05 bits per heavy atom. The van der Waals surface area contributed by atoms with Crippen LogP contribution < -0.4 is 5.32 Å². The van der Waals surface area contributed by atoms with Gasteiger partial charge in [0.2, 0.25) is 11.8 Å². The summed E-state index contributed by atoms with van der Waals surface area (Å²) < 4.78 is 14.6. The van der Waals surface area contributed by atoms with E-state index >= 15 is 0 Å². The van der Waals surface area contributed by atoms with Gasteiger partial charge in [-0.15, -0.1) is 0 Å². The summed E-state index contributed by atoms with van der Waals surface area (Å²) in [4.78, 5) is 25.8. The van der Waals surface area contributed by atoms with Crippen LogP contribution in [0.5, 0.6) is 0 Å². The van der Waals surface area contributed by atoms with Gasteiger partial charge >= 0.3 is 0 Å². The molecule has 114 valence electrons. The van der Waals surface area contributed by atoms with Crippen LogP contribution in [0.3, 0.4) is 0 Å².